The molecule has 22 heavy (non-hydrogen) atoms. The minimum atomic E-state index is -0.410. The Morgan fingerprint density at radius 2 is 1.77 bits per heavy atom. The molecule has 2 aromatic carbocycles. The van der Waals surface area contributed by atoms with Gasteiger partial charge in [-0.1, -0.05) is 35.9 Å². The summed E-state index contributed by atoms with van der Waals surface area (Å²) in [6.45, 7) is 2.02. The van der Waals surface area contributed by atoms with Crippen molar-refractivity contribution in [1.82, 2.24) is 0 Å². The van der Waals surface area contributed by atoms with Gasteiger partial charge in [0, 0.05) is 9.13 Å². The van der Waals surface area contributed by atoms with Crippen LogP contribution in [-0.2, 0) is 4.74 Å². The third-order valence-electron chi connectivity index (χ3n) is 3.16. The highest BCUT2D eigenvalue weighted by atomic mass is 127. The fraction of sp³-hybridized carbons (Fsp3) is 0.111. The van der Waals surface area contributed by atoms with Crippen molar-refractivity contribution in [1.29, 1.82) is 0 Å². The minimum Gasteiger partial charge on any atom is -0.465 e. The van der Waals surface area contributed by atoms with Crippen LogP contribution in [0.2, 0.25) is 0 Å². The first-order valence-electron chi connectivity index (χ1n) is 6.68. The number of ether oxygens (including phenoxy) is 1. The number of rotatable bonds is 4. The summed E-state index contributed by atoms with van der Waals surface area (Å²) >= 11 is 2.05. The number of carbonyl (C=O) groups excluding carboxylic acids is 2. The van der Waals surface area contributed by atoms with Gasteiger partial charge in [0.15, 0.2) is 5.78 Å². The second-order valence-corrected chi connectivity index (χ2v) is 5.96. The van der Waals surface area contributed by atoms with E-state index in [1.54, 1.807) is 30.4 Å². The second-order valence-electron chi connectivity index (χ2n) is 4.79. The van der Waals surface area contributed by atoms with Crippen LogP contribution in [0, 0.1) is 10.5 Å². The minimum absolute atomic E-state index is 0.0959. The van der Waals surface area contributed by atoms with E-state index in [0.29, 0.717) is 11.1 Å². The summed E-state index contributed by atoms with van der Waals surface area (Å²) in [6.07, 6.45) is 3.33. The average Bonchev–Trinajstić information content (AvgIpc) is 2.53. The number of aryl methyl sites for hydroxylation is 1. The Kier molecular flexibility index (Phi) is 5.49. The number of benzene rings is 2. The van der Waals surface area contributed by atoms with E-state index in [-0.39, 0.29) is 5.78 Å². The summed E-state index contributed by atoms with van der Waals surface area (Å²) in [5.74, 6) is -0.506. The molecule has 0 spiro atoms. The number of ketones is 1. The van der Waals surface area contributed by atoms with Gasteiger partial charge in [-0.2, -0.15) is 0 Å². The van der Waals surface area contributed by atoms with Gasteiger partial charge < -0.3 is 4.74 Å². The predicted octanol–water partition coefficient (Wildman–Crippen LogP) is 4.28. The van der Waals surface area contributed by atoms with Crippen LogP contribution >= 0.6 is 22.6 Å². The lowest BCUT2D eigenvalue weighted by molar-refractivity contribution is 0.0600. The van der Waals surface area contributed by atoms with Gasteiger partial charge in [-0.05, 0) is 59.4 Å². The molecule has 0 atom stereocenters. The molecule has 0 saturated heterocycles. The second kappa shape index (κ2) is 7.35. The standard InChI is InChI=1S/C18H15IO3/c1-12-3-5-13(6-4-12)7-10-17(20)15-9-8-14(11-16(15)19)18(21)22-2/h3-11H,1-2H3/b10-7+. The molecule has 2 aromatic rings. The molecule has 0 aliphatic rings. The zero-order chi connectivity index (χ0) is 16.1. The molecular weight excluding hydrogens is 391 g/mol. The Bertz CT molecular complexity index is 730. The van der Waals surface area contributed by atoms with Crippen LogP contribution in [0.25, 0.3) is 6.08 Å². The van der Waals surface area contributed by atoms with E-state index in [1.165, 1.54) is 12.7 Å². The van der Waals surface area contributed by atoms with Crippen molar-refractivity contribution in [3.63, 3.8) is 0 Å². The first-order valence-corrected chi connectivity index (χ1v) is 7.76. The molecule has 0 saturated carbocycles. The molecule has 4 heteroatoms. The Morgan fingerprint density at radius 1 is 1.09 bits per heavy atom. The maximum absolute atomic E-state index is 12.2. The topological polar surface area (TPSA) is 43.4 Å². The first kappa shape index (κ1) is 16.4. The number of hydrogen-bond donors (Lipinski definition) is 0. The number of carbonyl (C=O) groups is 2. The molecule has 0 radical (unpaired) electrons. The maximum atomic E-state index is 12.2. The summed E-state index contributed by atoms with van der Waals surface area (Å²) in [7, 11) is 1.33. The van der Waals surface area contributed by atoms with Gasteiger partial charge in [-0.15, -0.1) is 0 Å². The van der Waals surface area contributed by atoms with E-state index in [4.69, 9.17) is 0 Å². The number of methoxy groups -OCH3 is 1. The van der Waals surface area contributed by atoms with Crippen molar-refractivity contribution in [2.24, 2.45) is 0 Å². The van der Waals surface area contributed by atoms with Crippen molar-refractivity contribution in [2.45, 2.75) is 6.92 Å². The van der Waals surface area contributed by atoms with Crippen molar-refractivity contribution >= 4 is 40.4 Å². The van der Waals surface area contributed by atoms with Gasteiger partial charge in [-0.3, -0.25) is 4.79 Å². The van der Waals surface area contributed by atoms with E-state index < -0.39 is 5.97 Å². The normalized spacial score (nSPS) is 10.7. The van der Waals surface area contributed by atoms with Crippen molar-refractivity contribution in [3.05, 3.63) is 74.4 Å². The van der Waals surface area contributed by atoms with Gasteiger partial charge in [-0.25, -0.2) is 4.79 Å². The number of allylic oxidation sites excluding steroid dienone is 1. The molecule has 0 unspecified atom stereocenters. The zero-order valence-electron chi connectivity index (χ0n) is 12.3. The maximum Gasteiger partial charge on any atom is 0.337 e. The van der Waals surface area contributed by atoms with Crippen LogP contribution in [-0.4, -0.2) is 18.9 Å². The van der Waals surface area contributed by atoms with Crippen LogP contribution in [0.5, 0.6) is 0 Å². The molecular formula is C18H15IO3. The Hall–Kier alpha value is -1.95. The number of esters is 1. The molecule has 0 aliphatic carbocycles. The molecule has 0 amide bonds. The fourth-order valence-corrected chi connectivity index (χ4v) is 2.68. The molecule has 0 heterocycles. The smallest absolute Gasteiger partial charge is 0.337 e. The summed E-state index contributed by atoms with van der Waals surface area (Å²) in [4.78, 5) is 23.7. The number of halogens is 1. The SMILES string of the molecule is COC(=O)c1ccc(C(=O)/C=C/c2ccc(C)cc2)c(I)c1. The van der Waals surface area contributed by atoms with Crippen molar-refractivity contribution < 1.29 is 14.3 Å². The highest BCUT2D eigenvalue weighted by Crippen LogP contribution is 2.17. The molecule has 0 aliphatic heterocycles. The molecule has 112 valence electrons. The third-order valence-corrected chi connectivity index (χ3v) is 4.05. The summed E-state index contributed by atoms with van der Waals surface area (Å²) in [6, 6.07) is 12.8. The van der Waals surface area contributed by atoms with Gasteiger partial charge in [0.05, 0.1) is 12.7 Å². The largest absolute Gasteiger partial charge is 0.465 e. The predicted molar refractivity (Wildman–Crippen MR) is 95.0 cm³/mol. The van der Waals surface area contributed by atoms with E-state index in [9.17, 15) is 9.59 Å². The van der Waals surface area contributed by atoms with Crippen LogP contribution in [0.4, 0.5) is 0 Å². The summed E-state index contributed by atoms with van der Waals surface area (Å²) in [5.41, 5.74) is 3.15. The molecule has 3 nitrogen and oxygen atoms in total. The lowest BCUT2D eigenvalue weighted by atomic mass is 10.1. The third kappa shape index (κ3) is 4.04. The molecule has 2 rings (SSSR count). The lowest BCUT2D eigenvalue weighted by Crippen LogP contribution is -2.04. The highest BCUT2D eigenvalue weighted by molar-refractivity contribution is 14.1. The zero-order valence-corrected chi connectivity index (χ0v) is 14.5. The Labute approximate surface area is 143 Å². The van der Waals surface area contributed by atoms with Crippen LogP contribution in [0.3, 0.4) is 0 Å². The quantitative estimate of drug-likeness (QED) is 0.330. The van der Waals surface area contributed by atoms with Crippen molar-refractivity contribution in [2.75, 3.05) is 7.11 Å². The molecule has 0 bridgehead atoms. The highest BCUT2D eigenvalue weighted by Gasteiger charge is 2.11. The Morgan fingerprint density at radius 3 is 2.36 bits per heavy atom. The average molecular weight is 406 g/mol. The van der Waals surface area contributed by atoms with Gasteiger partial charge in [0.2, 0.25) is 0 Å². The molecule has 0 fully saturated rings. The van der Waals surface area contributed by atoms with Gasteiger partial charge in [0.25, 0.3) is 0 Å². The van der Waals surface area contributed by atoms with Crippen LogP contribution in [0.1, 0.15) is 31.8 Å². The lowest BCUT2D eigenvalue weighted by Gasteiger charge is -2.04. The first-order chi connectivity index (χ1) is 10.5. The summed E-state index contributed by atoms with van der Waals surface area (Å²) in [5, 5.41) is 0. The van der Waals surface area contributed by atoms with Crippen LogP contribution < -0.4 is 0 Å². The van der Waals surface area contributed by atoms with Crippen LogP contribution in [0.15, 0.2) is 48.5 Å². The molecule has 0 N–H and O–H groups in total. The van der Waals surface area contributed by atoms with E-state index in [2.05, 4.69) is 4.74 Å². The fourth-order valence-electron chi connectivity index (χ4n) is 1.90. The Balaban J connectivity index is 2.19. The van der Waals surface area contributed by atoms with E-state index >= 15 is 0 Å². The van der Waals surface area contributed by atoms with Gasteiger partial charge in [0.1, 0.15) is 0 Å². The molecule has 0 aromatic heterocycles. The number of hydrogen-bond acceptors (Lipinski definition) is 3. The monoisotopic (exact) mass is 406 g/mol. The summed E-state index contributed by atoms with van der Waals surface area (Å²) < 4.78 is 5.39. The van der Waals surface area contributed by atoms with Crippen molar-refractivity contribution in [3.8, 4) is 0 Å². The van der Waals surface area contributed by atoms with E-state index in [0.717, 1.165) is 9.13 Å². The van der Waals surface area contributed by atoms with Gasteiger partial charge >= 0.3 is 5.97 Å². The van der Waals surface area contributed by atoms with E-state index in [1.807, 2.05) is 53.8 Å².